The monoisotopic (exact) mass is 573 g/mol. The predicted molar refractivity (Wildman–Crippen MR) is 156 cm³/mol. The van der Waals surface area contributed by atoms with Crippen LogP contribution in [-0.2, 0) is 21.2 Å². The minimum atomic E-state index is -3.10. The summed E-state index contributed by atoms with van der Waals surface area (Å²) in [6, 6.07) is 17.2. The van der Waals surface area contributed by atoms with E-state index in [-0.39, 0.29) is 29.1 Å². The number of sulfone groups is 1. The summed E-state index contributed by atoms with van der Waals surface area (Å²) in [6.07, 6.45) is 4.80. The molecule has 4 rings (SSSR count). The molecule has 220 valence electrons. The van der Waals surface area contributed by atoms with Crippen molar-refractivity contribution in [3.05, 3.63) is 65.7 Å². The van der Waals surface area contributed by atoms with Crippen LogP contribution >= 0.6 is 0 Å². The van der Waals surface area contributed by atoms with Gasteiger partial charge in [-0.2, -0.15) is 0 Å². The molecule has 3 atom stereocenters. The van der Waals surface area contributed by atoms with E-state index in [1.54, 1.807) is 0 Å². The maximum Gasteiger partial charge on any atom is 0.153 e. The molecule has 2 fully saturated rings. The quantitative estimate of drug-likeness (QED) is 0.270. The van der Waals surface area contributed by atoms with Gasteiger partial charge in [-0.15, -0.1) is 0 Å². The predicted octanol–water partition coefficient (Wildman–Crippen LogP) is 5.84. The van der Waals surface area contributed by atoms with Gasteiger partial charge in [0.05, 0.1) is 17.1 Å². The zero-order valence-electron chi connectivity index (χ0n) is 23.4. The largest absolute Gasteiger partial charge is 0.489 e. The van der Waals surface area contributed by atoms with Crippen LogP contribution in [0.2, 0.25) is 0 Å². The number of ether oxygens (including phenoxy) is 1. The van der Waals surface area contributed by atoms with Crippen molar-refractivity contribution in [1.82, 2.24) is 4.90 Å². The standard InChI is InChI=1S/C32H44FNO5S/c33-28-18-19-34(23-28)22-27(21-29(35)11-7-8-20-40(37,38)31-12-5-2-6-13-31)32(36)26-14-16-30(17-15-26)39-24-25-9-3-1-4-10-25/h1,3-4,9-10,14-17,27-28,31-32,36H,2,5-8,11-13,18-24H2/t27-,28-,32+/m1/s1. The van der Waals surface area contributed by atoms with Crippen LogP contribution in [0.3, 0.4) is 0 Å². The van der Waals surface area contributed by atoms with Gasteiger partial charge in [-0.25, -0.2) is 12.8 Å². The SMILES string of the molecule is O=C(CCCCS(=O)(=O)C1CCCCC1)C[C@H](CN1CC[C@@H](F)C1)[C@@H](O)c1ccc(OCc2ccccc2)cc1. The van der Waals surface area contributed by atoms with Crippen LogP contribution in [0.15, 0.2) is 54.6 Å². The van der Waals surface area contributed by atoms with E-state index in [1.807, 2.05) is 59.5 Å². The Hall–Kier alpha value is -2.29. The lowest BCUT2D eigenvalue weighted by atomic mass is 9.89. The Balaban J connectivity index is 1.30. The van der Waals surface area contributed by atoms with Crippen LogP contribution in [0.25, 0.3) is 0 Å². The molecule has 1 aliphatic heterocycles. The third kappa shape index (κ3) is 9.38. The fourth-order valence-electron chi connectivity index (χ4n) is 5.94. The number of alkyl halides is 1. The summed E-state index contributed by atoms with van der Waals surface area (Å²) in [5.74, 6) is 0.467. The van der Waals surface area contributed by atoms with Crippen LogP contribution in [-0.4, -0.2) is 61.0 Å². The van der Waals surface area contributed by atoms with Crippen LogP contribution < -0.4 is 4.74 Å². The number of likely N-dealkylation sites (tertiary alicyclic amines) is 1. The fraction of sp³-hybridized carbons (Fsp3) is 0.594. The molecule has 1 heterocycles. The van der Waals surface area contributed by atoms with E-state index in [1.165, 1.54) is 0 Å². The highest BCUT2D eigenvalue weighted by molar-refractivity contribution is 7.92. The van der Waals surface area contributed by atoms with Gasteiger partial charge in [0.15, 0.2) is 9.84 Å². The van der Waals surface area contributed by atoms with Crippen molar-refractivity contribution in [2.75, 3.05) is 25.4 Å². The number of nitrogens with zero attached hydrogens (tertiary/aromatic N) is 1. The van der Waals surface area contributed by atoms with Gasteiger partial charge in [-0.05, 0) is 55.4 Å². The highest BCUT2D eigenvalue weighted by Crippen LogP contribution is 2.30. The number of ketones is 1. The second-order valence-corrected chi connectivity index (χ2v) is 13.9. The highest BCUT2D eigenvalue weighted by Gasteiger charge is 2.30. The number of carbonyl (C=O) groups is 1. The van der Waals surface area contributed by atoms with Gasteiger partial charge in [0.2, 0.25) is 0 Å². The molecule has 8 heteroatoms. The maximum absolute atomic E-state index is 13.9. The van der Waals surface area contributed by atoms with Crippen molar-refractivity contribution in [3.8, 4) is 5.75 Å². The molecule has 0 unspecified atom stereocenters. The van der Waals surface area contributed by atoms with Crippen LogP contribution in [0.4, 0.5) is 4.39 Å². The smallest absolute Gasteiger partial charge is 0.153 e. The summed E-state index contributed by atoms with van der Waals surface area (Å²) in [6.45, 7) is 1.82. The number of aliphatic hydroxyl groups is 1. The Morgan fingerprint density at radius 3 is 2.40 bits per heavy atom. The first kappa shape index (κ1) is 30.7. The number of hydrogen-bond donors (Lipinski definition) is 1. The Bertz CT molecular complexity index is 1150. The van der Waals surface area contributed by atoms with Crippen LogP contribution in [0.1, 0.15) is 81.4 Å². The van der Waals surface area contributed by atoms with Gasteiger partial charge < -0.3 is 9.84 Å². The molecule has 1 saturated heterocycles. The van der Waals surface area contributed by atoms with E-state index >= 15 is 0 Å². The first-order valence-corrected chi connectivity index (χ1v) is 16.6. The third-order valence-corrected chi connectivity index (χ3v) is 10.7. The van der Waals surface area contributed by atoms with Gasteiger partial charge in [-0.3, -0.25) is 9.69 Å². The van der Waals surface area contributed by atoms with Crippen LogP contribution in [0, 0.1) is 5.92 Å². The lowest BCUT2D eigenvalue weighted by molar-refractivity contribution is -0.121. The zero-order chi connectivity index (χ0) is 28.4. The molecule has 0 bridgehead atoms. The van der Waals surface area contributed by atoms with E-state index in [0.29, 0.717) is 63.2 Å². The summed E-state index contributed by atoms with van der Waals surface area (Å²) >= 11 is 0. The van der Waals surface area contributed by atoms with Crippen molar-refractivity contribution in [2.45, 2.75) is 88.3 Å². The summed E-state index contributed by atoms with van der Waals surface area (Å²) in [7, 11) is -3.10. The van der Waals surface area contributed by atoms with Gasteiger partial charge >= 0.3 is 0 Å². The van der Waals surface area contributed by atoms with Gasteiger partial charge in [0.25, 0.3) is 0 Å². The van der Waals surface area contributed by atoms with Gasteiger partial charge in [0, 0.05) is 38.4 Å². The Labute approximate surface area is 238 Å². The van der Waals surface area contributed by atoms with Crippen LogP contribution in [0.5, 0.6) is 5.75 Å². The molecule has 0 spiro atoms. The number of carbonyl (C=O) groups excluding carboxylic acids is 1. The van der Waals surface area contributed by atoms with Crippen molar-refractivity contribution in [1.29, 1.82) is 0 Å². The van der Waals surface area contributed by atoms with Crippen molar-refractivity contribution in [3.63, 3.8) is 0 Å². The average Bonchev–Trinajstić information content (AvgIpc) is 3.39. The zero-order valence-corrected chi connectivity index (χ0v) is 24.2. The molecule has 1 saturated carbocycles. The molecular weight excluding hydrogens is 529 g/mol. The number of halogens is 1. The molecule has 2 aromatic carbocycles. The molecule has 6 nitrogen and oxygen atoms in total. The molecule has 0 radical (unpaired) electrons. The van der Waals surface area contributed by atoms with E-state index in [2.05, 4.69) is 0 Å². The number of Topliss-reactive ketones (excluding diaryl/α,β-unsaturated/α-hetero) is 1. The molecular formula is C32H44FNO5S. The summed E-state index contributed by atoms with van der Waals surface area (Å²) in [5.41, 5.74) is 1.76. The minimum absolute atomic E-state index is 0.0120. The first-order valence-electron chi connectivity index (χ1n) is 14.8. The van der Waals surface area contributed by atoms with E-state index < -0.39 is 22.1 Å². The number of benzene rings is 2. The maximum atomic E-state index is 13.9. The lowest BCUT2D eigenvalue weighted by Gasteiger charge is -2.27. The summed E-state index contributed by atoms with van der Waals surface area (Å²) in [5, 5.41) is 11.1. The topological polar surface area (TPSA) is 83.9 Å². The second kappa shape index (κ2) is 15.1. The molecule has 0 amide bonds. The van der Waals surface area contributed by atoms with Crippen molar-refractivity contribution < 1.29 is 27.4 Å². The Morgan fingerprint density at radius 2 is 1.73 bits per heavy atom. The molecule has 1 aliphatic carbocycles. The van der Waals surface area contributed by atoms with E-state index in [0.717, 1.165) is 37.7 Å². The number of hydrogen-bond acceptors (Lipinski definition) is 6. The molecule has 2 aromatic rings. The van der Waals surface area contributed by atoms with Crippen molar-refractivity contribution >= 4 is 15.6 Å². The molecule has 0 aromatic heterocycles. The highest BCUT2D eigenvalue weighted by atomic mass is 32.2. The minimum Gasteiger partial charge on any atom is -0.489 e. The molecule has 2 aliphatic rings. The number of rotatable bonds is 15. The summed E-state index contributed by atoms with van der Waals surface area (Å²) in [4.78, 5) is 14.9. The molecule has 40 heavy (non-hydrogen) atoms. The Kier molecular flexibility index (Phi) is 11.6. The number of aliphatic hydroxyl groups excluding tert-OH is 1. The van der Waals surface area contributed by atoms with Gasteiger partial charge in [-0.1, -0.05) is 61.7 Å². The molecule has 1 N–H and O–H groups in total. The lowest BCUT2D eigenvalue weighted by Crippen LogP contribution is -2.32. The van der Waals surface area contributed by atoms with E-state index in [9.17, 15) is 22.7 Å². The fourth-order valence-corrected chi connectivity index (χ4v) is 7.94. The summed E-state index contributed by atoms with van der Waals surface area (Å²) < 4.78 is 45.0. The van der Waals surface area contributed by atoms with Gasteiger partial charge in [0.1, 0.15) is 24.3 Å². The van der Waals surface area contributed by atoms with E-state index in [4.69, 9.17) is 4.74 Å². The normalized spacial score (nSPS) is 20.3. The average molecular weight is 574 g/mol. The first-order chi connectivity index (χ1) is 19.3. The van der Waals surface area contributed by atoms with Crippen molar-refractivity contribution in [2.24, 2.45) is 5.92 Å². The second-order valence-electron chi connectivity index (χ2n) is 11.5. The Morgan fingerprint density at radius 1 is 1.00 bits per heavy atom. The third-order valence-electron chi connectivity index (χ3n) is 8.31. The number of unbranched alkanes of at least 4 members (excludes halogenated alkanes) is 1.